The Morgan fingerprint density at radius 1 is 0.607 bits per heavy atom. The minimum Gasteiger partial charge on any atom is -0.378 e. The maximum Gasteiger partial charge on any atom is 0.0206 e. The Kier molecular flexibility index (Phi) is 10.3. The number of hydrogen-bond acceptors (Lipinski definition) is 2. The minimum absolute atomic E-state index is 1.21. The molecule has 2 aromatic rings. The largest absolute Gasteiger partial charge is 0.378 e. The van der Waals surface area contributed by atoms with Crippen LogP contribution in [0.3, 0.4) is 0 Å². The molecule has 4 heteroatoms. The minimum atomic E-state index is 1.21. The summed E-state index contributed by atoms with van der Waals surface area (Å²) in [5, 5.41) is 0. The first-order valence-corrected chi connectivity index (χ1v) is 10.1. The molecule has 0 saturated carbocycles. The van der Waals surface area contributed by atoms with Crippen molar-refractivity contribution in [1.29, 1.82) is 0 Å². The maximum atomic E-state index is 2.26. The fourth-order valence-corrected chi connectivity index (χ4v) is 2.69. The number of rotatable bonds is 0. The monoisotopic (exact) mass is 384 g/mol. The predicted octanol–water partition coefficient (Wildman–Crippen LogP) is 5.12. The van der Waals surface area contributed by atoms with Gasteiger partial charge in [0.25, 0.3) is 0 Å². The summed E-state index contributed by atoms with van der Waals surface area (Å²) in [4.78, 5) is 4.53. The summed E-state index contributed by atoms with van der Waals surface area (Å²) in [5.74, 6) is 0. The standard InChI is InChI=1S/2C6H11N.2C6H9N/c4*1-6-4-3-5-7(6)2/h2*4H,3,5H2,1-2H3;2*3-5H,1-2H3. The molecule has 0 saturated heterocycles. The van der Waals surface area contributed by atoms with Crippen molar-refractivity contribution in [2.75, 3.05) is 27.2 Å². The van der Waals surface area contributed by atoms with Crippen LogP contribution in [0.1, 0.15) is 38.1 Å². The third kappa shape index (κ3) is 8.55. The van der Waals surface area contributed by atoms with Crippen LogP contribution in [-0.2, 0) is 14.1 Å². The highest BCUT2D eigenvalue weighted by Crippen LogP contribution is 2.09. The molecule has 28 heavy (non-hydrogen) atoms. The Labute approximate surface area is 172 Å². The smallest absolute Gasteiger partial charge is 0.0206 e. The van der Waals surface area contributed by atoms with Crippen LogP contribution in [0.5, 0.6) is 0 Å². The highest BCUT2D eigenvalue weighted by Gasteiger charge is 2.03. The van der Waals surface area contributed by atoms with Crippen molar-refractivity contribution in [2.24, 2.45) is 14.1 Å². The fraction of sp³-hybridized carbons (Fsp3) is 0.500. The topological polar surface area (TPSA) is 16.3 Å². The molecule has 4 rings (SSSR count). The molecule has 4 heterocycles. The van der Waals surface area contributed by atoms with Gasteiger partial charge in [0.1, 0.15) is 0 Å². The maximum absolute atomic E-state index is 2.26. The van der Waals surface area contributed by atoms with Crippen molar-refractivity contribution in [3.8, 4) is 0 Å². The molecule has 0 fully saturated rings. The molecule has 2 aliphatic rings. The van der Waals surface area contributed by atoms with Crippen molar-refractivity contribution < 1.29 is 0 Å². The van der Waals surface area contributed by atoms with Crippen LogP contribution in [0, 0.1) is 13.8 Å². The van der Waals surface area contributed by atoms with Gasteiger partial charge in [-0.05, 0) is 64.8 Å². The number of allylic oxidation sites excluding steroid dienone is 2. The van der Waals surface area contributed by atoms with Gasteiger partial charge in [-0.3, -0.25) is 0 Å². The number of hydrogen-bond donors (Lipinski definition) is 0. The summed E-state index contributed by atoms with van der Waals surface area (Å²) < 4.78 is 4.17. The van der Waals surface area contributed by atoms with Crippen LogP contribution < -0.4 is 0 Å². The van der Waals surface area contributed by atoms with E-state index in [9.17, 15) is 0 Å². The van der Waals surface area contributed by atoms with E-state index in [-0.39, 0.29) is 0 Å². The molecular weight excluding hydrogens is 344 g/mol. The van der Waals surface area contributed by atoms with Gasteiger partial charge in [-0.2, -0.15) is 0 Å². The van der Waals surface area contributed by atoms with Gasteiger partial charge in [-0.1, -0.05) is 12.2 Å². The van der Waals surface area contributed by atoms with E-state index in [0.29, 0.717) is 0 Å². The summed E-state index contributed by atoms with van der Waals surface area (Å²) in [6.45, 7) is 10.9. The fourth-order valence-electron chi connectivity index (χ4n) is 2.69. The van der Waals surface area contributed by atoms with E-state index < -0.39 is 0 Å². The Morgan fingerprint density at radius 3 is 1.04 bits per heavy atom. The van der Waals surface area contributed by atoms with Crippen molar-refractivity contribution in [3.63, 3.8) is 0 Å². The van der Waals surface area contributed by atoms with Crippen LogP contribution in [0.4, 0.5) is 0 Å². The van der Waals surface area contributed by atoms with E-state index >= 15 is 0 Å². The SMILES string of the molecule is CC1=CCCN1C.CC1=CCCN1C.Cc1cccn1C.Cc1cccn1C. The zero-order valence-electron chi connectivity index (χ0n) is 19.2. The zero-order valence-corrected chi connectivity index (χ0v) is 19.2. The van der Waals surface area contributed by atoms with E-state index in [0.717, 1.165) is 0 Å². The summed E-state index contributed by atoms with van der Waals surface area (Å²) in [6, 6.07) is 8.24. The Bertz CT molecular complexity index is 651. The summed E-state index contributed by atoms with van der Waals surface area (Å²) >= 11 is 0. The molecule has 0 N–H and O–H groups in total. The lowest BCUT2D eigenvalue weighted by molar-refractivity contribution is 0.460. The first-order valence-electron chi connectivity index (χ1n) is 10.1. The molecular formula is C24H40N4. The van der Waals surface area contributed by atoms with Gasteiger partial charge < -0.3 is 18.9 Å². The van der Waals surface area contributed by atoms with E-state index in [2.05, 4.69) is 85.0 Å². The van der Waals surface area contributed by atoms with E-state index in [1.54, 1.807) is 0 Å². The highest BCUT2D eigenvalue weighted by molar-refractivity contribution is 5.04. The molecule has 0 spiro atoms. The average molecular weight is 385 g/mol. The molecule has 0 amide bonds. The third-order valence-electron chi connectivity index (χ3n) is 5.42. The Balaban J connectivity index is 0.000000187. The second-order valence-electron chi connectivity index (χ2n) is 7.63. The average Bonchev–Trinajstić information content (AvgIpc) is 3.41. The van der Waals surface area contributed by atoms with Crippen LogP contribution in [0.25, 0.3) is 0 Å². The van der Waals surface area contributed by atoms with Crippen LogP contribution in [-0.4, -0.2) is 46.1 Å². The number of aryl methyl sites for hydroxylation is 4. The lowest BCUT2D eigenvalue weighted by Gasteiger charge is -2.10. The Hall–Kier alpha value is -2.36. The van der Waals surface area contributed by atoms with Gasteiger partial charge in [0.2, 0.25) is 0 Å². The number of aromatic nitrogens is 2. The van der Waals surface area contributed by atoms with Crippen molar-refractivity contribution in [2.45, 2.75) is 40.5 Å². The molecule has 0 radical (unpaired) electrons. The molecule has 0 aliphatic carbocycles. The Morgan fingerprint density at radius 2 is 0.964 bits per heavy atom. The van der Waals surface area contributed by atoms with Gasteiger partial charge in [0.15, 0.2) is 0 Å². The molecule has 0 aromatic carbocycles. The van der Waals surface area contributed by atoms with Crippen molar-refractivity contribution in [3.05, 3.63) is 71.6 Å². The molecule has 4 nitrogen and oxygen atoms in total. The molecule has 0 bridgehead atoms. The lowest BCUT2D eigenvalue weighted by atomic mass is 10.4. The number of nitrogens with zero attached hydrogens (tertiary/aromatic N) is 4. The third-order valence-corrected chi connectivity index (χ3v) is 5.42. The summed E-state index contributed by atoms with van der Waals surface area (Å²) in [7, 11) is 8.32. The van der Waals surface area contributed by atoms with E-state index in [1.165, 1.54) is 48.7 Å². The van der Waals surface area contributed by atoms with Gasteiger partial charge >= 0.3 is 0 Å². The van der Waals surface area contributed by atoms with Gasteiger partial charge in [0.05, 0.1) is 0 Å². The van der Waals surface area contributed by atoms with Crippen molar-refractivity contribution in [1.82, 2.24) is 18.9 Å². The molecule has 156 valence electrons. The summed E-state index contributed by atoms with van der Waals surface area (Å²) in [5.41, 5.74) is 5.44. The first kappa shape index (κ1) is 23.7. The molecule has 2 aromatic heterocycles. The molecule has 2 aliphatic heterocycles. The first-order chi connectivity index (χ1) is 13.2. The lowest BCUT2D eigenvalue weighted by Crippen LogP contribution is -2.10. The van der Waals surface area contributed by atoms with E-state index in [4.69, 9.17) is 0 Å². The van der Waals surface area contributed by atoms with Gasteiger partial charge in [-0.25, -0.2) is 0 Å². The van der Waals surface area contributed by atoms with Gasteiger partial charge in [-0.15, -0.1) is 0 Å². The van der Waals surface area contributed by atoms with Gasteiger partial charge in [0, 0.05) is 76.5 Å². The quantitative estimate of drug-likeness (QED) is 0.627. The van der Waals surface area contributed by atoms with Crippen LogP contribution in [0.2, 0.25) is 0 Å². The van der Waals surface area contributed by atoms with Crippen LogP contribution >= 0.6 is 0 Å². The zero-order chi connectivity index (χ0) is 21.1. The summed E-state index contributed by atoms with van der Waals surface area (Å²) in [6.07, 6.45) is 11.1. The molecule has 0 atom stereocenters. The highest BCUT2D eigenvalue weighted by atomic mass is 15.1. The molecule has 0 unspecified atom stereocenters. The second-order valence-corrected chi connectivity index (χ2v) is 7.63. The normalized spacial score (nSPS) is 14.9. The predicted molar refractivity (Wildman–Crippen MR) is 122 cm³/mol. The van der Waals surface area contributed by atoms with E-state index in [1.807, 2.05) is 38.6 Å². The van der Waals surface area contributed by atoms with Crippen molar-refractivity contribution >= 4 is 0 Å². The second kappa shape index (κ2) is 12.2. The van der Waals surface area contributed by atoms with Crippen LogP contribution in [0.15, 0.2) is 60.2 Å².